The first-order valence-electron chi connectivity index (χ1n) is 13.0. The van der Waals surface area contributed by atoms with Gasteiger partial charge in [0.15, 0.2) is 11.5 Å². The summed E-state index contributed by atoms with van der Waals surface area (Å²) in [6, 6.07) is 22.9. The molecule has 0 aliphatic rings. The zero-order chi connectivity index (χ0) is 26.3. The maximum absolute atomic E-state index is 11.0. The molecule has 3 aromatic carbocycles. The van der Waals surface area contributed by atoms with Crippen LogP contribution in [0.25, 0.3) is 11.1 Å². The lowest BCUT2D eigenvalue weighted by molar-refractivity contribution is -0.137. The van der Waals surface area contributed by atoms with Gasteiger partial charge in [-0.15, -0.1) is 0 Å². The standard InChI is InChI=1S/C32H38O5/c1-4-32(33)37-22-8-6-5-7-21-36-30-20-13-26(24-31(30)34-3)10-9-23-35-29-18-16-28(17-19-29)27-14-11-25(2)12-15-27/h4,11-20,24H,1,5-10,21-23H2,2-3H3. The van der Waals surface area contributed by atoms with E-state index in [2.05, 4.69) is 56.0 Å². The van der Waals surface area contributed by atoms with Crippen LogP contribution in [0, 0.1) is 6.92 Å². The lowest BCUT2D eigenvalue weighted by atomic mass is 10.0. The number of carbonyl (C=O) groups excluding carboxylic acids is 1. The van der Waals surface area contributed by atoms with Crippen molar-refractivity contribution >= 4 is 5.97 Å². The molecule has 0 atom stereocenters. The van der Waals surface area contributed by atoms with E-state index >= 15 is 0 Å². The van der Waals surface area contributed by atoms with Crippen LogP contribution in [-0.2, 0) is 16.0 Å². The normalized spacial score (nSPS) is 10.5. The molecule has 0 fully saturated rings. The van der Waals surface area contributed by atoms with Crippen LogP contribution in [0.3, 0.4) is 0 Å². The molecule has 0 spiro atoms. The van der Waals surface area contributed by atoms with Crippen molar-refractivity contribution in [2.75, 3.05) is 26.9 Å². The van der Waals surface area contributed by atoms with Crippen molar-refractivity contribution in [2.24, 2.45) is 0 Å². The van der Waals surface area contributed by atoms with Crippen molar-refractivity contribution in [3.8, 4) is 28.4 Å². The number of carbonyl (C=O) groups is 1. The fourth-order valence-electron chi connectivity index (χ4n) is 3.91. The zero-order valence-electron chi connectivity index (χ0n) is 22.0. The third kappa shape index (κ3) is 9.68. The second-order valence-corrected chi connectivity index (χ2v) is 8.96. The van der Waals surface area contributed by atoms with Gasteiger partial charge in [-0.05, 0) is 86.4 Å². The SMILES string of the molecule is C=CC(=O)OCCCCCCOc1ccc(CCCOc2ccc(-c3ccc(C)cc3)cc2)cc1OC. The Bertz CT molecular complexity index is 1100. The molecule has 196 valence electrons. The van der Waals surface area contributed by atoms with Gasteiger partial charge in [-0.3, -0.25) is 0 Å². The minimum atomic E-state index is -0.365. The molecule has 0 aliphatic carbocycles. The summed E-state index contributed by atoms with van der Waals surface area (Å²) >= 11 is 0. The molecular formula is C32H38O5. The summed E-state index contributed by atoms with van der Waals surface area (Å²) in [6.07, 6.45) is 6.78. The average molecular weight is 503 g/mol. The van der Waals surface area contributed by atoms with Crippen molar-refractivity contribution in [1.29, 1.82) is 0 Å². The zero-order valence-corrected chi connectivity index (χ0v) is 22.0. The Morgan fingerprint density at radius 2 is 1.41 bits per heavy atom. The van der Waals surface area contributed by atoms with E-state index in [1.54, 1.807) is 7.11 Å². The van der Waals surface area contributed by atoms with Gasteiger partial charge in [0.1, 0.15) is 5.75 Å². The van der Waals surface area contributed by atoms with Crippen molar-refractivity contribution < 1.29 is 23.7 Å². The summed E-state index contributed by atoms with van der Waals surface area (Å²) in [4.78, 5) is 11.0. The van der Waals surface area contributed by atoms with E-state index in [0.29, 0.717) is 19.8 Å². The second kappa shape index (κ2) is 15.4. The Balaban J connectivity index is 1.34. The van der Waals surface area contributed by atoms with Gasteiger partial charge in [-0.25, -0.2) is 4.79 Å². The number of rotatable bonds is 16. The van der Waals surface area contributed by atoms with Crippen molar-refractivity contribution in [1.82, 2.24) is 0 Å². The fourth-order valence-corrected chi connectivity index (χ4v) is 3.91. The molecule has 0 aliphatic heterocycles. The largest absolute Gasteiger partial charge is 0.494 e. The van der Waals surface area contributed by atoms with E-state index in [4.69, 9.17) is 18.9 Å². The molecule has 0 bridgehead atoms. The van der Waals surface area contributed by atoms with Gasteiger partial charge in [0.25, 0.3) is 0 Å². The van der Waals surface area contributed by atoms with Crippen LogP contribution in [0.15, 0.2) is 79.4 Å². The van der Waals surface area contributed by atoms with Crippen LogP contribution >= 0.6 is 0 Å². The van der Waals surface area contributed by atoms with Crippen LogP contribution in [0.5, 0.6) is 17.2 Å². The number of hydrogen-bond donors (Lipinski definition) is 0. The number of hydrogen-bond acceptors (Lipinski definition) is 5. The number of benzene rings is 3. The Kier molecular flexibility index (Phi) is 11.6. The molecule has 3 aromatic rings. The number of methoxy groups -OCH3 is 1. The van der Waals surface area contributed by atoms with Gasteiger partial charge in [-0.1, -0.05) is 54.6 Å². The van der Waals surface area contributed by atoms with E-state index in [-0.39, 0.29) is 5.97 Å². The summed E-state index contributed by atoms with van der Waals surface area (Å²) in [5, 5.41) is 0. The Morgan fingerprint density at radius 3 is 2.08 bits per heavy atom. The maximum atomic E-state index is 11.0. The van der Waals surface area contributed by atoms with Crippen LogP contribution in [0.4, 0.5) is 0 Å². The summed E-state index contributed by atoms with van der Waals surface area (Å²) in [6.45, 7) is 7.19. The fraction of sp³-hybridized carbons (Fsp3) is 0.344. The minimum absolute atomic E-state index is 0.365. The Labute approximate surface area is 221 Å². The van der Waals surface area contributed by atoms with Crippen molar-refractivity contribution in [3.05, 3.63) is 90.5 Å². The topological polar surface area (TPSA) is 54.0 Å². The molecule has 0 N–H and O–H groups in total. The number of aryl methyl sites for hydroxylation is 2. The number of ether oxygens (including phenoxy) is 4. The van der Waals surface area contributed by atoms with Gasteiger partial charge in [-0.2, -0.15) is 0 Å². The lowest BCUT2D eigenvalue weighted by Gasteiger charge is -2.13. The van der Waals surface area contributed by atoms with E-state index < -0.39 is 0 Å². The Morgan fingerprint density at radius 1 is 0.757 bits per heavy atom. The first kappa shape index (κ1) is 27.9. The Hall–Kier alpha value is -3.73. The summed E-state index contributed by atoms with van der Waals surface area (Å²) in [5.41, 5.74) is 4.85. The van der Waals surface area contributed by atoms with E-state index in [9.17, 15) is 4.79 Å². The monoisotopic (exact) mass is 502 g/mol. The molecule has 0 radical (unpaired) electrons. The predicted octanol–water partition coefficient (Wildman–Crippen LogP) is 7.35. The van der Waals surface area contributed by atoms with Gasteiger partial charge in [0, 0.05) is 6.08 Å². The van der Waals surface area contributed by atoms with Crippen molar-refractivity contribution in [2.45, 2.75) is 45.4 Å². The first-order chi connectivity index (χ1) is 18.1. The highest BCUT2D eigenvalue weighted by Gasteiger charge is 2.07. The molecule has 37 heavy (non-hydrogen) atoms. The van der Waals surface area contributed by atoms with E-state index in [0.717, 1.165) is 55.8 Å². The van der Waals surface area contributed by atoms with Crippen LogP contribution < -0.4 is 14.2 Å². The summed E-state index contributed by atoms with van der Waals surface area (Å²) in [5.74, 6) is 2.03. The molecule has 0 saturated heterocycles. The third-order valence-electron chi connectivity index (χ3n) is 6.05. The molecule has 0 aromatic heterocycles. The highest BCUT2D eigenvalue weighted by atomic mass is 16.5. The molecule has 3 rings (SSSR count). The highest BCUT2D eigenvalue weighted by molar-refractivity contribution is 5.81. The van der Waals surface area contributed by atoms with Gasteiger partial charge < -0.3 is 18.9 Å². The summed E-state index contributed by atoms with van der Waals surface area (Å²) < 4.78 is 22.4. The molecule has 0 saturated carbocycles. The molecular weight excluding hydrogens is 464 g/mol. The van der Waals surface area contributed by atoms with E-state index in [1.165, 1.54) is 28.3 Å². The molecule has 0 amide bonds. The van der Waals surface area contributed by atoms with Crippen LogP contribution in [0.1, 0.15) is 43.2 Å². The second-order valence-electron chi connectivity index (χ2n) is 8.96. The highest BCUT2D eigenvalue weighted by Crippen LogP contribution is 2.29. The average Bonchev–Trinajstić information content (AvgIpc) is 2.93. The molecule has 0 heterocycles. The van der Waals surface area contributed by atoms with Gasteiger partial charge in [0.2, 0.25) is 0 Å². The maximum Gasteiger partial charge on any atom is 0.330 e. The first-order valence-corrected chi connectivity index (χ1v) is 13.0. The summed E-state index contributed by atoms with van der Waals surface area (Å²) in [7, 11) is 1.67. The molecule has 0 unspecified atom stereocenters. The van der Waals surface area contributed by atoms with Crippen molar-refractivity contribution in [3.63, 3.8) is 0 Å². The lowest BCUT2D eigenvalue weighted by Crippen LogP contribution is -2.03. The molecule has 5 nitrogen and oxygen atoms in total. The molecule has 5 heteroatoms. The van der Waals surface area contributed by atoms with Gasteiger partial charge >= 0.3 is 5.97 Å². The number of esters is 1. The predicted molar refractivity (Wildman–Crippen MR) is 149 cm³/mol. The number of unbranched alkanes of at least 4 members (excludes halogenated alkanes) is 3. The van der Waals surface area contributed by atoms with Gasteiger partial charge in [0.05, 0.1) is 26.9 Å². The smallest absolute Gasteiger partial charge is 0.330 e. The van der Waals surface area contributed by atoms with Crippen LogP contribution in [-0.4, -0.2) is 32.9 Å². The van der Waals surface area contributed by atoms with E-state index in [1.807, 2.05) is 24.3 Å². The minimum Gasteiger partial charge on any atom is -0.494 e. The third-order valence-corrected chi connectivity index (χ3v) is 6.05. The van der Waals surface area contributed by atoms with Crippen LogP contribution in [0.2, 0.25) is 0 Å². The quantitative estimate of drug-likeness (QED) is 0.116.